The highest BCUT2D eigenvalue weighted by atomic mass is 32.1. The Morgan fingerprint density at radius 1 is 0.906 bits per heavy atom. The summed E-state index contributed by atoms with van der Waals surface area (Å²) in [6.07, 6.45) is 3.62. The number of aromatic nitrogens is 2. The van der Waals surface area contributed by atoms with E-state index in [9.17, 15) is 9.18 Å². The Kier molecular flexibility index (Phi) is 5.71. The molecule has 0 atom stereocenters. The molecule has 6 nitrogen and oxygen atoms in total. The summed E-state index contributed by atoms with van der Waals surface area (Å²) < 4.78 is 13.2. The van der Waals surface area contributed by atoms with E-state index in [0.717, 1.165) is 64.2 Å². The Morgan fingerprint density at radius 3 is 2.28 bits per heavy atom. The average molecular weight is 454 g/mol. The minimum atomic E-state index is -0.231. The van der Waals surface area contributed by atoms with Crippen LogP contribution in [0, 0.1) is 19.7 Å². The van der Waals surface area contributed by atoms with Gasteiger partial charge in [0.2, 0.25) is 0 Å². The topological polar surface area (TPSA) is 52.6 Å². The van der Waals surface area contributed by atoms with E-state index in [-0.39, 0.29) is 11.7 Å². The summed E-state index contributed by atoms with van der Waals surface area (Å²) in [5, 5.41) is 1.04. The van der Waals surface area contributed by atoms with Crippen LogP contribution < -0.4 is 9.80 Å². The molecule has 2 aliphatic heterocycles. The molecule has 0 aliphatic carbocycles. The van der Waals surface area contributed by atoms with Crippen LogP contribution in [-0.2, 0) is 0 Å². The predicted molar refractivity (Wildman–Crippen MR) is 127 cm³/mol. The first-order valence-corrected chi connectivity index (χ1v) is 12.2. The lowest BCUT2D eigenvalue weighted by molar-refractivity contribution is 0.0751. The molecule has 32 heavy (non-hydrogen) atoms. The second kappa shape index (κ2) is 8.65. The van der Waals surface area contributed by atoms with Crippen molar-refractivity contribution in [3.8, 4) is 0 Å². The highest BCUT2D eigenvalue weighted by Crippen LogP contribution is 2.37. The molecular formula is C24H28FN5OS. The second-order valence-electron chi connectivity index (χ2n) is 8.63. The highest BCUT2D eigenvalue weighted by molar-refractivity contribution is 7.20. The third kappa shape index (κ3) is 3.92. The molecule has 2 aromatic heterocycles. The van der Waals surface area contributed by atoms with Crippen molar-refractivity contribution in [2.45, 2.75) is 33.1 Å². The van der Waals surface area contributed by atoms with Gasteiger partial charge >= 0.3 is 0 Å². The number of hydrogen-bond acceptors (Lipinski definition) is 6. The van der Waals surface area contributed by atoms with E-state index in [1.54, 1.807) is 12.1 Å². The lowest BCUT2D eigenvalue weighted by atomic mass is 10.1. The van der Waals surface area contributed by atoms with Gasteiger partial charge in [0, 0.05) is 45.0 Å². The van der Waals surface area contributed by atoms with E-state index in [0.29, 0.717) is 13.1 Å². The molecule has 8 heteroatoms. The molecule has 2 aliphatic rings. The Labute approximate surface area is 191 Å². The van der Waals surface area contributed by atoms with Gasteiger partial charge < -0.3 is 14.7 Å². The van der Waals surface area contributed by atoms with E-state index in [1.165, 1.54) is 42.7 Å². The third-order valence-electron chi connectivity index (χ3n) is 6.49. The summed E-state index contributed by atoms with van der Waals surface area (Å²) in [7, 11) is 0. The van der Waals surface area contributed by atoms with Crippen molar-refractivity contribution in [2.24, 2.45) is 0 Å². The molecule has 0 radical (unpaired) electrons. The highest BCUT2D eigenvalue weighted by Gasteiger charge is 2.28. The standard InChI is InChI=1S/C24H28FN5OS/c1-16-20-22(29-10-4-3-5-11-29)26-17(2)27-23(20)32-21(16)24(31)30-14-12-28(13-15-30)19-8-6-18(25)7-9-19/h6-9H,3-5,10-15H2,1-2H3. The lowest BCUT2D eigenvalue weighted by Crippen LogP contribution is -2.48. The number of rotatable bonds is 3. The summed E-state index contributed by atoms with van der Waals surface area (Å²) in [6, 6.07) is 6.56. The number of anilines is 2. The summed E-state index contributed by atoms with van der Waals surface area (Å²) in [6.45, 7) is 8.75. The van der Waals surface area contributed by atoms with Crippen molar-refractivity contribution in [1.29, 1.82) is 0 Å². The third-order valence-corrected chi connectivity index (χ3v) is 7.67. The average Bonchev–Trinajstić information content (AvgIpc) is 3.15. The molecule has 0 spiro atoms. The number of hydrogen-bond donors (Lipinski definition) is 0. The number of aryl methyl sites for hydroxylation is 2. The van der Waals surface area contributed by atoms with Crippen molar-refractivity contribution < 1.29 is 9.18 Å². The van der Waals surface area contributed by atoms with Gasteiger partial charge in [-0.3, -0.25) is 4.79 Å². The molecule has 0 N–H and O–H groups in total. The number of benzene rings is 1. The van der Waals surface area contributed by atoms with Crippen LogP contribution in [0.5, 0.6) is 0 Å². The number of amides is 1. The van der Waals surface area contributed by atoms with Crippen molar-refractivity contribution >= 4 is 39.0 Å². The summed E-state index contributed by atoms with van der Waals surface area (Å²) in [5.74, 6) is 1.59. The minimum Gasteiger partial charge on any atom is -0.368 e. The number of nitrogens with zero attached hydrogens (tertiary/aromatic N) is 5. The number of piperidine rings is 1. The molecule has 4 heterocycles. The van der Waals surface area contributed by atoms with Crippen LogP contribution in [0.1, 0.15) is 40.3 Å². The largest absolute Gasteiger partial charge is 0.368 e. The van der Waals surface area contributed by atoms with Crippen molar-refractivity contribution in [2.75, 3.05) is 49.1 Å². The van der Waals surface area contributed by atoms with Crippen LogP contribution >= 0.6 is 11.3 Å². The zero-order chi connectivity index (χ0) is 22.2. The van der Waals surface area contributed by atoms with Gasteiger partial charge in [-0.1, -0.05) is 0 Å². The van der Waals surface area contributed by atoms with Crippen molar-refractivity contribution in [3.05, 3.63) is 46.3 Å². The van der Waals surface area contributed by atoms with E-state index in [1.807, 2.05) is 18.7 Å². The lowest BCUT2D eigenvalue weighted by Gasteiger charge is -2.36. The van der Waals surface area contributed by atoms with Gasteiger partial charge in [0.15, 0.2) is 0 Å². The molecule has 2 saturated heterocycles. The molecule has 0 saturated carbocycles. The molecule has 168 valence electrons. The number of carbonyl (C=O) groups excluding carboxylic acids is 1. The van der Waals surface area contributed by atoms with E-state index in [2.05, 4.69) is 14.8 Å². The van der Waals surface area contributed by atoms with Crippen LogP contribution in [0.15, 0.2) is 24.3 Å². The quantitative estimate of drug-likeness (QED) is 0.588. The van der Waals surface area contributed by atoms with E-state index in [4.69, 9.17) is 4.98 Å². The Bertz CT molecular complexity index is 1130. The summed E-state index contributed by atoms with van der Waals surface area (Å²) >= 11 is 1.49. The maximum atomic E-state index is 13.5. The van der Waals surface area contributed by atoms with Gasteiger partial charge in [0.1, 0.15) is 22.3 Å². The number of thiophene rings is 1. The van der Waals surface area contributed by atoms with Gasteiger partial charge in [0.05, 0.1) is 10.3 Å². The molecule has 3 aromatic rings. The maximum Gasteiger partial charge on any atom is 0.264 e. The monoisotopic (exact) mass is 453 g/mol. The molecular weight excluding hydrogens is 425 g/mol. The number of piperazine rings is 1. The van der Waals surface area contributed by atoms with Crippen LogP contribution in [0.3, 0.4) is 0 Å². The molecule has 1 amide bonds. The number of halogens is 1. The Hall–Kier alpha value is -2.74. The van der Waals surface area contributed by atoms with Crippen LogP contribution in [0.25, 0.3) is 10.2 Å². The van der Waals surface area contributed by atoms with Crippen LogP contribution in [0.4, 0.5) is 15.9 Å². The normalized spacial score (nSPS) is 17.3. The Balaban J connectivity index is 1.38. The fourth-order valence-corrected chi connectivity index (χ4v) is 5.91. The van der Waals surface area contributed by atoms with Gasteiger partial charge in [-0.15, -0.1) is 11.3 Å². The smallest absolute Gasteiger partial charge is 0.264 e. The van der Waals surface area contributed by atoms with E-state index >= 15 is 0 Å². The van der Waals surface area contributed by atoms with Gasteiger partial charge in [-0.25, -0.2) is 14.4 Å². The first-order valence-electron chi connectivity index (χ1n) is 11.3. The summed E-state index contributed by atoms with van der Waals surface area (Å²) in [4.78, 5) is 31.1. The fraction of sp³-hybridized carbons (Fsp3) is 0.458. The van der Waals surface area contributed by atoms with Crippen LogP contribution in [0.2, 0.25) is 0 Å². The van der Waals surface area contributed by atoms with Crippen molar-refractivity contribution in [3.63, 3.8) is 0 Å². The molecule has 5 rings (SSSR count). The van der Waals surface area contributed by atoms with Crippen molar-refractivity contribution in [1.82, 2.24) is 14.9 Å². The maximum absolute atomic E-state index is 13.5. The van der Waals surface area contributed by atoms with E-state index < -0.39 is 0 Å². The fourth-order valence-electron chi connectivity index (χ4n) is 4.72. The summed E-state index contributed by atoms with van der Waals surface area (Å²) in [5.41, 5.74) is 1.99. The van der Waals surface area contributed by atoms with Gasteiger partial charge in [-0.05, 0) is 62.9 Å². The molecule has 0 bridgehead atoms. The number of fused-ring (bicyclic) bond motifs is 1. The second-order valence-corrected chi connectivity index (χ2v) is 9.63. The molecule has 1 aromatic carbocycles. The SMILES string of the molecule is Cc1nc(N2CCCCC2)c2c(C)c(C(=O)N3CCN(c4ccc(F)cc4)CC3)sc2n1. The predicted octanol–water partition coefficient (Wildman–Crippen LogP) is 4.40. The van der Waals surface area contributed by atoms with Crippen LogP contribution in [-0.4, -0.2) is 60.0 Å². The van der Waals surface area contributed by atoms with Gasteiger partial charge in [0.25, 0.3) is 5.91 Å². The first kappa shape index (κ1) is 21.1. The minimum absolute atomic E-state index is 0.0755. The molecule has 0 unspecified atom stereocenters. The zero-order valence-electron chi connectivity index (χ0n) is 18.6. The van der Waals surface area contributed by atoms with Gasteiger partial charge in [-0.2, -0.15) is 0 Å². The molecule has 2 fully saturated rings. The first-order chi connectivity index (χ1) is 15.5. The zero-order valence-corrected chi connectivity index (χ0v) is 19.4. The Morgan fingerprint density at radius 2 is 1.59 bits per heavy atom. The number of carbonyl (C=O) groups is 1.